The van der Waals surface area contributed by atoms with Gasteiger partial charge in [-0.3, -0.25) is 14.3 Å². The molecule has 0 radical (unpaired) electrons. The minimum absolute atomic E-state index is 0.0809. The number of carboxylic acid groups (broad SMARTS) is 1. The third-order valence-electron chi connectivity index (χ3n) is 2.18. The Morgan fingerprint density at radius 2 is 2.18 bits per heavy atom. The molecular formula is C11H7ClN2O3. The Morgan fingerprint density at radius 1 is 1.41 bits per heavy atom. The smallest absolute Gasteiger partial charge is 0.342 e. The fraction of sp³-hybridized carbons (Fsp3) is 0. The summed E-state index contributed by atoms with van der Waals surface area (Å²) in [5.41, 5.74) is -0.646. The van der Waals surface area contributed by atoms with Crippen LogP contribution in [0.15, 0.2) is 41.6 Å². The van der Waals surface area contributed by atoms with E-state index < -0.39 is 17.1 Å². The second kappa shape index (κ2) is 4.39. The molecule has 5 nitrogen and oxygen atoms in total. The predicted molar refractivity (Wildman–Crippen MR) is 61.8 cm³/mol. The molecule has 0 aliphatic heterocycles. The monoisotopic (exact) mass is 250 g/mol. The fourth-order valence-electron chi connectivity index (χ4n) is 1.41. The highest BCUT2D eigenvalue weighted by atomic mass is 35.5. The number of pyridine rings is 2. The molecule has 0 aliphatic rings. The summed E-state index contributed by atoms with van der Waals surface area (Å²) in [4.78, 5) is 26.7. The predicted octanol–water partition coefficient (Wildman–Crippen LogP) is 1.58. The minimum Gasteiger partial charge on any atom is -0.477 e. The first-order chi connectivity index (χ1) is 8.11. The van der Waals surface area contributed by atoms with Crippen molar-refractivity contribution in [3.8, 4) is 5.69 Å². The Kier molecular flexibility index (Phi) is 2.93. The van der Waals surface area contributed by atoms with Crippen molar-refractivity contribution < 1.29 is 9.90 Å². The molecule has 0 fully saturated rings. The van der Waals surface area contributed by atoms with E-state index in [0.29, 0.717) is 5.69 Å². The molecule has 0 aromatic carbocycles. The third-order valence-corrected chi connectivity index (χ3v) is 2.49. The first kappa shape index (κ1) is 11.3. The van der Waals surface area contributed by atoms with Crippen LogP contribution < -0.4 is 5.56 Å². The average Bonchev–Trinajstić information content (AvgIpc) is 2.30. The van der Waals surface area contributed by atoms with Crippen LogP contribution in [0.5, 0.6) is 0 Å². The van der Waals surface area contributed by atoms with Gasteiger partial charge in [0.25, 0.3) is 5.56 Å². The van der Waals surface area contributed by atoms with Crippen molar-refractivity contribution in [1.29, 1.82) is 0 Å². The van der Waals surface area contributed by atoms with Crippen molar-refractivity contribution in [1.82, 2.24) is 9.55 Å². The maximum Gasteiger partial charge on any atom is 0.342 e. The largest absolute Gasteiger partial charge is 0.477 e. The lowest BCUT2D eigenvalue weighted by atomic mass is 10.2. The average molecular weight is 251 g/mol. The zero-order valence-electron chi connectivity index (χ0n) is 8.50. The number of halogens is 1. The highest BCUT2D eigenvalue weighted by molar-refractivity contribution is 6.33. The molecule has 2 aromatic rings. The second-order valence-electron chi connectivity index (χ2n) is 3.23. The third kappa shape index (κ3) is 2.05. The zero-order valence-corrected chi connectivity index (χ0v) is 9.26. The number of rotatable bonds is 2. The molecule has 0 saturated heterocycles. The molecular weight excluding hydrogens is 244 g/mol. The van der Waals surface area contributed by atoms with E-state index in [0.717, 1.165) is 0 Å². The van der Waals surface area contributed by atoms with Crippen LogP contribution >= 0.6 is 11.6 Å². The van der Waals surface area contributed by atoms with Crippen LogP contribution in [0.4, 0.5) is 0 Å². The van der Waals surface area contributed by atoms with E-state index >= 15 is 0 Å². The summed E-state index contributed by atoms with van der Waals surface area (Å²) in [5, 5.41) is 8.82. The van der Waals surface area contributed by atoms with Crippen LogP contribution in [-0.4, -0.2) is 20.6 Å². The summed E-state index contributed by atoms with van der Waals surface area (Å²) >= 11 is 5.67. The van der Waals surface area contributed by atoms with Crippen molar-refractivity contribution in [2.75, 3.05) is 0 Å². The normalized spacial score (nSPS) is 10.2. The van der Waals surface area contributed by atoms with Crippen LogP contribution in [0.2, 0.25) is 5.02 Å². The molecule has 0 spiro atoms. The van der Waals surface area contributed by atoms with Gasteiger partial charge in [0.05, 0.1) is 16.9 Å². The lowest BCUT2D eigenvalue weighted by molar-refractivity contribution is 0.0695. The van der Waals surface area contributed by atoms with Gasteiger partial charge in [-0.2, -0.15) is 0 Å². The molecule has 6 heteroatoms. The number of hydrogen-bond donors (Lipinski definition) is 1. The minimum atomic E-state index is -1.35. The van der Waals surface area contributed by atoms with Crippen molar-refractivity contribution in [2.24, 2.45) is 0 Å². The van der Waals surface area contributed by atoms with E-state index in [-0.39, 0.29) is 5.02 Å². The van der Waals surface area contributed by atoms with E-state index in [9.17, 15) is 9.59 Å². The van der Waals surface area contributed by atoms with Gasteiger partial charge in [-0.05, 0) is 18.2 Å². The lowest BCUT2D eigenvalue weighted by Gasteiger charge is -2.06. The molecule has 0 saturated carbocycles. The molecule has 0 unspecified atom stereocenters. The van der Waals surface area contributed by atoms with Gasteiger partial charge in [-0.1, -0.05) is 11.6 Å². The summed E-state index contributed by atoms with van der Waals surface area (Å²) in [6.45, 7) is 0. The van der Waals surface area contributed by atoms with Crippen LogP contribution in [0.25, 0.3) is 5.69 Å². The van der Waals surface area contributed by atoms with E-state index in [4.69, 9.17) is 16.7 Å². The lowest BCUT2D eigenvalue weighted by Crippen LogP contribution is -2.25. The van der Waals surface area contributed by atoms with Crippen LogP contribution in [0, 0.1) is 0 Å². The van der Waals surface area contributed by atoms with Gasteiger partial charge < -0.3 is 5.11 Å². The van der Waals surface area contributed by atoms with E-state index in [1.165, 1.54) is 23.0 Å². The molecule has 17 heavy (non-hydrogen) atoms. The number of nitrogens with zero attached hydrogens (tertiary/aromatic N) is 2. The number of hydrogen-bond acceptors (Lipinski definition) is 3. The number of aromatic nitrogens is 2. The van der Waals surface area contributed by atoms with Gasteiger partial charge in [0, 0.05) is 12.4 Å². The number of carbonyl (C=O) groups is 1. The molecule has 2 aromatic heterocycles. The van der Waals surface area contributed by atoms with E-state index in [1.807, 2.05) is 0 Å². The van der Waals surface area contributed by atoms with E-state index in [1.54, 1.807) is 18.3 Å². The molecule has 86 valence electrons. The van der Waals surface area contributed by atoms with Gasteiger partial charge in [-0.15, -0.1) is 0 Å². The van der Waals surface area contributed by atoms with Crippen molar-refractivity contribution >= 4 is 17.6 Å². The molecule has 2 rings (SSSR count). The Labute approximate surface area is 101 Å². The molecule has 0 atom stereocenters. The Bertz CT molecular complexity index is 622. The standard InChI is InChI=1S/C11H7ClN2O3/c12-8-3-5-14(7-2-1-4-13-6-7)10(15)9(8)11(16)17/h1-6H,(H,16,17). The fourth-order valence-corrected chi connectivity index (χ4v) is 1.62. The SMILES string of the molecule is O=C(O)c1c(Cl)ccn(-c2cccnc2)c1=O. The number of aromatic carboxylic acids is 1. The first-order valence-electron chi connectivity index (χ1n) is 4.66. The topological polar surface area (TPSA) is 72.2 Å². The van der Waals surface area contributed by atoms with Gasteiger partial charge in [0.15, 0.2) is 0 Å². The Hall–Kier alpha value is -2.14. The van der Waals surface area contributed by atoms with Crippen LogP contribution in [0.3, 0.4) is 0 Å². The van der Waals surface area contributed by atoms with Crippen molar-refractivity contribution in [3.63, 3.8) is 0 Å². The van der Waals surface area contributed by atoms with Crippen LogP contribution in [-0.2, 0) is 0 Å². The van der Waals surface area contributed by atoms with Gasteiger partial charge >= 0.3 is 5.97 Å². The Morgan fingerprint density at radius 3 is 2.76 bits per heavy atom. The summed E-state index contributed by atoms with van der Waals surface area (Å²) < 4.78 is 1.18. The molecule has 0 aliphatic carbocycles. The molecule has 2 heterocycles. The van der Waals surface area contributed by atoms with Gasteiger partial charge in [-0.25, -0.2) is 4.79 Å². The second-order valence-corrected chi connectivity index (χ2v) is 3.64. The highest BCUT2D eigenvalue weighted by Crippen LogP contribution is 2.12. The van der Waals surface area contributed by atoms with Crippen molar-refractivity contribution in [3.05, 3.63) is 57.7 Å². The zero-order chi connectivity index (χ0) is 12.4. The van der Waals surface area contributed by atoms with Crippen molar-refractivity contribution in [2.45, 2.75) is 0 Å². The Balaban J connectivity index is 2.71. The molecule has 0 bridgehead atoms. The summed E-state index contributed by atoms with van der Waals surface area (Å²) in [7, 11) is 0. The molecule has 0 amide bonds. The summed E-state index contributed by atoms with van der Waals surface area (Å²) in [5.74, 6) is -1.35. The highest BCUT2D eigenvalue weighted by Gasteiger charge is 2.16. The maximum absolute atomic E-state index is 11.9. The first-order valence-corrected chi connectivity index (χ1v) is 5.04. The van der Waals surface area contributed by atoms with E-state index in [2.05, 4.69) is 4.98 Å². The quantitative estimate of drug-likeness (QED) is 0.878. The summed E-state index contributed by atoms with van der Waals surface area (Å²) in [6, 6.07) is 4.66. The van der Waals surface area contributed by atoms with Gasteiger partial charge in [0.2, 0.25) is 0 Å². The molecule has 1 N–H and O–H groups in total. The van der Waals surface area contributed by atoms with Crippen LogP contribution in [0.1, 0.15) is 10.4 Å². The van der Waals surface area contributed by atoms with Gasteiger partial charge in [0.1, 0.15) is 5.56 Å². The maximum atomic E-state index is 11.9. The summed E-state index contributed by atoms with van der Waals surface area (Å²) in [6.07, 6.45) is 4.43. The number of carboxylic acids is 1.